The summed E-state index contributed by atoms with van der Waals surface area (Å²) in [4.78, 5) is 126. The lowest BCUT2D eigenvalue weighted by Gasteiger charge is -2.21. The molecule has 804 valence electrons. The minimum atomic E-state index is -0.546. The van der Waals surface area contributed by atoms with Gasteiger partial charge in [-0.25, -0.2) is 0 Å². The summed E-state index contributed by atoms with van der Waals surface area (Å²) in [5, 5.41) is 0. The lowest BCUT2D eigenvalue weighted by Crippen LogP contribution is -2.31. The molecule has 0 fully saturated rings. The van der Waals surface area contributed by atoms with Crippen LogP contribution in [0.15, 0.2) is 18.2 Å². The van der Waals surface area contributed by atoms with Gasteiger partial charge in [0.1, 0.15) is 17.2 Å². The summed E-state index contributed by atoms with van der Waals surface area (Å²) in [6.45, 7) is 20.3. The Morgan fingerprint density at radius 2 is 0.312 bits per heavy atom. The van der Waals surface area contributed by atoms with Gasteiger partial charge in [-0.2, -0.15) is 0 Å². The number of carbonyl (C=O) groups is 9. The number of carbonyl (C=O) groups excluding carboxylic acids is 9. The van der Waals surface area contributed by atoms with E-state index in [0.717, 1.165) is 116 Å². The van der Waals surface area contributed by atoms with Gasteiger partial charge in [-0.05, 0) is 38.5 Å². The van der Waals surface area contributed by atoms with Crippen LogP contribution in [0.5, 0.6) is 17.2 Å². The molecule has 0 atom stereocenters. The Hall–Kier alpha value is -3.57. The topological polar surface area (TPSA) is 246 Å². The Morgan fingerprint density at radius 3 is 0.464 bits per heavy atom. The molecule has 1 aromatic carbocycles. The zero-order chi connectivity index (χ0) is 100. The van der Waals surface area contributed by atoms with Crippen molar-refractivity contribution >= 4 is 118 Å². The van der Waals surface area contributed by atoms with Crippen LogP contribution in [0.25, 0.3) is 0 Å². The van der Waals surface area contributed by atoms with Crippen molar-refractivity contribution in [2.45, 2.75) is 485 Å². The molecule has 138 heavy (non-hydrogen) atoms. The molecule has 27 heteroatoms. The third-order valence-corrected chi connectivity index (χ3v) is 32.0. The van der Waals surface area contributed by atoms with Crippen LogP contribution in [-0.4, -0.2) is 201 Å². The van der Waals surface area contributed by atoms with Gasteiger partial charge in [0.2, 0.25) is 0 Å². The maximum Gasteiger partial charge on any atom is 0.312 e. The fraction of sp³-hybridized carbons (Fsp3) is 0.865. The Morgan fingerprint density at radius 1 is 0.174 bits per heavy atom. The highest BCUT2D eigenvalue weighted by atomic mass is 33.1. The number of nitrogens with zero attached hydrogens (tertiary/aromatic N) is 3. The molecule has 1 rings (SSSR count). The molecule has 0 aliphatic rings. The number of hydrogen-bond donors (Lipinski definition) is 0. The van der Waals surface area contributed by atoms with Crippen molar-refractivity contribution in [2.24, 2.45) is 0 Å². The van der Waals surface area contributed by atoms with Crippen molar-refractivity contribution in [1.82, 2.24) is 14.7 Å². The third kappa shape index (κ3) is 94.7. The highest BCUT2D eigenvalue weighted by Gasteiger charge is 2.21. The molecular formula is C111H201N3O18S6. The molecule has 0 heterocycles. The predicted octanol–water partition coefficient (Wildman–Crippen LogP) is 30.7. The van der Waals surface area contributed by atoms with E-state index in [1.165, 1.54) is 320 Å². The minimum absolute atomic E-state index is 0.0313. The maximum absolute atomic E-state index is 13.7. The minimum Gasteiger partial charge on any atom is -0.466 e. The van der Waals surface area contributed by atoms with Gasteiger partial charge in [0.05, 0.1) is 97.4 Å². The average Bonchev–Trinajstić information content (AvgIpc) is 0.849. The third-order valence-electron chi connectivity index (χ3n) is 24.8. The van der Waals surface area contributed by atoms with Gasteiger partial charge >= 0.3 is 53.7 Å². The molecule has 0 spiro atoms. The van der Waals surface area contributed by atoms with Crippen molar-refractivity contribution in [3.63, 3.8) is 0 Å². The lowest BCUT2D eigenvalue weighted by atomic mass is 10.1. The normalized spacial score (nSPS) is 11.5. The van der Waals surface area contributed by atoms with Crippen molar-refractivity contribution in [2.75, 3.05) is 133 Å². The van der Waals surface area contributed by atoms with E-state index in [2.05, 4.69) is 56.2 Å². The van der Waals surface area contributed by atoms with E-state index < -0.39 is 17.9 Å². The van der Waals surface area contributed by atoms with Crippen LogP contribution in [0.3, 0.4) is 0 Å². The van der Waals surface area contributed by atoms with Gasteiger partial charge < -0.3 is 57.3 Å². The van der Waals surface area contributed by atoms with Crippen LogP contribution < -0.4 is 14.2 Å². The summed E-state index contributed by atoms with van der Waals surface area (Å²) in [7, 11) is 9.27. The average molecular weight is 2060 g/mol. The summed E-state index contributed by atoms with van der Waals surface area (Å²) < 4.78 is 51.7. The summed E-state index contributed by atoms with van der Waals surface area (Å²) >= 11 is 0. The smallest absolute Gasteiger partial charge is 0.312 e. The molecule has 0 saturated carbocycles. The van der Waals surface area contributed by atoms with Crippen LogP contribution in [0.2, 0.25) is 0 Å². The Bertz CT molecular complexity index is 2560. The second-order valence-electron chi connectivity index (χ2n) is 37.7. The van der Waals surface area contributed by atoms with Crippen LogP contribution in [0.1, 0.15) is 485 Å². The van der Waals surface area contributed by atoms with Gasteiger partial charge in [0.25, 0.3) is 0 Å². The number of ether oxygens (including phenoxy) is 9. The number of hydrogen-bond acceptors (Lipinski definition) is 27. The predicted molar refractivity (Wildman–Crippen MR) is 586 cm³/mol. The van der Waals surface area contributed by atoms with Crippen LogP contribution >= 0.6 is 64.8 Å². The van der Waals surface area contributed by atoms with Crippen molar-refractivity contribution in [3.8, 4) is 17.2 Å². The Kier molecular flexibility index (Phi) is 101. The molecule has 0 N–H and O–H groups in total. The molecule has 0 aliphatic heterocycles. The van der Waals surface area contributed by atoms with E-state index in [0.29, 0.717) is 133 Å². The highest BCUT2D eigenvalue weighted by molar-refractivity contribution is 8.77. The van der Waals surface area contributed by atoms with E-state index in [1.807, 2.05) is 0 Å². The fourth-order valence-corrected chi connectivity index (χ4v) is 22.1. The molecule has 0 aliphatic carbocycles. The molecule has 0 aromatic heterocycles. The zero-order valence-electron chi connectivity index (χ0n) is 88.5. The molecule has 0 saturated heterocycles. The first-order valence-electron chi connectivity index (χ1n) is 56.3. The molecular weight excluding hydrogens is 1860 g/mol. The zero-order valence-corrected chi connectivity index (χ0v) is 93.4. The van der Waals surface area contributed by atoms with Crippen molar-refractivity contribution < 1.29 is 85.8 Å². The van der Waals surface area contributed by atoms with Crippen LogP contribution in [-0.2, 0) is 71.6 Å². The van der Waals surface area contributed by atoms with Crippen LogP contribution in [0.4, 0.5) is 0 Å². The van der Waals surface area contributed by atoms with Gasteiger partial charge in [-0.3, -0.25) is 43.2 Å². The van der Waals surface area contributed by atoms with Crippen molar-refractivity contribution in [3.05, 3.63) is 18.2 Å². The quantitative estimate of drug-likeness (QED) is 0.0193. The van der Waals surface area contributed by atoms with E-state index in [1.54, 1.807) is 32.4 Å². The Balaban J connectivity index is 3.22. The van der Waals surface area contributed by atoms with Gasteiger partial charge in [0.15, 0.2) is 0 Å². The standard InChI is InChI=1S/C111H201N3O18S6/c1-7-13-19-25-31-37-43-49-55-61-85-124-103(115)67-76-112(77-68-104(116)125-86-62-56-50-44-38-32-26-20-14-8-2)82-94-136-133-91-73-109(121)130-100-97-101(131-110(122)74-92-134-137-95-83-113(78-69-105(117)126-87-63-57-51-45-39-33-27-21-15-9-3)79-70-106(118)127-88-64-58-52-46-40-34-28-22-16-10-4)99-102(98-100)132-111(123)75-93-135-138-96-84-114(80-71-107(119)128-89-65-59-53-47-41-35-29-23-17-11-5)81-72-108(120)129-90-66-60-54-48-42-36-30-24-18-12-6/h97-99H,7-96H2,1-6H3. The first kappa shape index (κ1) is 132. The van der Waals surface area contributed by atoms with E-state index in [-0.39, 0.29) is 111 Å². The van der Waals surface area contributed by atoms with Crippen molar-refractivity contribution in [1.29, 1.82) is 0 Å². The number of rotatable bonds is 108. The largest absolute Gasteiger partial charge is 0.466 e. The highest BCUT2D eigenvalue weighted by Crippen LogP contribution is 2.32. The van der Waals surface area contributed by atoms with Gasteiger partial charge in [-0.1, -0.05) is 453 Å². The number of benzene rings is 1. The second-order valence-corrected chi connectivity index (χ2v) is 45.8. The maximum atomic E-state index is 13.7. The summed E-state index contributed by atoms with van der Waals surface area (Å²) in [6.07, 6.45) is 73.2. The fourth-order valence-electron chi connectivity index (χ4n) is 16.1. The Labute approximate surface area is 865 Å². The molecule has 0 amide bonds. The molecule has 0 bridgehead atoms. The molecule has 1 aromatic rings. The number of unbranched alkanes of at least 4 members (excludes halogenated alkanes) is 54. The van der Waals surface area contributed by atoms with Gasteiger partial charge in [0, 0.05) is 112 Å². The van der Waals surface area contributed by atoms with E-state index in [4.69, 9.17) is 42.6 Å². The summed E-state index contributed by atoms with van der Waals surface area (Å²) in [6, 6.07) is 4.30. The lowest BCUT2D eigenvalue weighted by molar-refractivity contribution is -0.146. The van der Waals surface area contributed by atoms with Gasteiger partial charge in [-0.15, -0.1) is 0 Å². The molecule has 0 unspecified atom stereocenters. The second kappa shape index (κ2) is 105. The summed E-state index contributed by atoms with van der Waals surface area (Å²) in [5.74, 6) is 0.171. The molecule has 21 nitrogen and oxygen atoms in total. The molecule has 0 radical (unpaired) electrons. The monoisotopic (exact) mass is 2060 g/mol. The summed E-state index contributed by atoms with van der Waals surface area (Å²) in [5.41, 5.74) is 0. The first-order valence-corrected chi connectivity index (χ1v) is 63.7. The SMILES string of the molecule is CCCCCCCCCCCCOC(=O)CCN(CCSSCCC(=O)Oc1cc(OC(=O)CCSSCCN(CCC(=O)OCCCCCCCCCCCC)CCC(=O)OCCCCCCCCCCCC)cc(OC(=O)CCSSCCN(CCC(=O)OCCCCCCCCCCCC)CCC(=O)OCCCCCCCCCCCC)c1)CCC(=O)OCCCCCCCCCCCC. The van der Waals surface area contributed by atoms with E-state index in [9.17, 15) is 43.2 Å². The first-order chi connectivity index (χ1) is 67.6. The number of esters is 9. The van der Waals surface area contributed by atoms with Crippen LogP contribution in [0, 0.1) is 0 Å². The van der Waals surface area contributed by atoms with E-state index >= 15 is 0 Å².